The van der Waals surface area contributed by atoms with Gasteiger partial charge in [-0.3, -0.25) is 4.90 Å². The summed E-state index contributed by atoms with van der Waals surface area (Å²) in [5, 5.41) is 11.2. The van der Waals surface area contributed by atoms with E-state index in [1.165, 1.54) is 10.5 Å². The average Bonchev–Trinajstić information content (AvgIpc) is 3.28. The molecule has 8 nitrogen and oxygen atoms in total. The Labute approximate surface area is 169 Å². The summed E-state index contributed by atoms with van der Waals surface area (Å²) < 4.78 is 30.9. The molecule has 0 N–H and O–H groups in total. The molecule has 0 bridgehead atoms. The van der Waals surface area contributed by atoms with E-state index < -0.39 is 21.6 Å². The molecular weight excluding hydrogens is 392 g/mol. The number of rotatable bonds is 2. The molecule has 3 aliphatic rings. The normalized spacial score (nSPS) is 27.7. The Morgan fingerprint density at radius 3 is 2.72 bits per heavy atom. The summed E-state index contributed by atoms with van der Waals surface area (Å²) in [6.07, 6.45) is 2.84. The fourth-order valence-corrected chi connectivity index (χ4v) is 5.89. The number of amides is 2. The van der Waals surface area contributed by atoms with Crippen molar-refractivity contribution in [1.82, 2.24) is 14.1 Å². The largest absolute Gasteiger partial charge is 0.459 e. The molecule has 9 heteroatoms. The van der Waals surface area contributed by atoms with Gasteiger partial charge in [-0.2, -0.15) is 5.26 Å². The second kappa shape index (κ2) is 6.21. The lowest BCUT2D eigenvalue weighted by molar-refractivity contribution is 0.0371. The number of fused-ring (bicyclic) bond motifs is 5. The van der Waals surface area contributed by atoms with E-state index in [-0.39, 0.29) is 19.1 Å². The number of carbonyl (C=O) groups is 1. The monoisotopic (exact) mass is 414 g/mol. The first-order chi connectivity index (χ1) is 13.8. The molecule has 2 aromatic rings. The molecular formula is C20H22N4O4S. The van der Waals surface area contributed by atoms with Gasteiger partial charge in [-0.1, -0.05) is 18.2 Å². The van der Waals surface area contributed by atoms with Crippen molar-refractivity contribution in [1.29, 1.82) is 5.26 Å². The third-order valence-corrected chi connectivity index (χ3v) is 7.70. The fourth-order valence-electron chi connectivity index (χ4n) is 5.09. The number of hydrogen-bond donors (Lipinski definition) is 0. The summed E-state index contributed by atoms with van der Waals surface area (Å²) in [6, 6.07) is 9.63. The van der Waals surface area contributed by atoms with Crippen LogP contribution < -0.4 is 0 Å². The lowest BCUT2D eigenvalue weighted by Gasteiger charge is -2.47. The highest BCUT2D eigenvalue weighted by atomic mass is 32.2. The fraction of sp³-hybridized carbons (Fsp3) is 0.500. The number of sulfonamides is 1. The maximum atomic E-state index is 12.8. The Morgan fingerprint density at radius 2 is 2.00 bits per heavy atom. The Kier molecular flexibility index (Phi) is 3.95. The summed E-state index contributed by atoms with van der Waals surface area (Å²) in [5.74, 6) is 0.878. The van der Waals surface area contributed by atoms with Gasteiger partial charge in [-0.05, 0) is 18.9 Å². The number of furan rings is 1. The lowest BCUT2D eigenvalue weighted by atomic mass is 9.79. The number of benzene rings is 1. The van der Waals surface area contributed by atoms with Crippen LogP contribution in [0.2, 0.25) is 0 Å². The molecule has 0 radical (unpaired) electrons. The van der Waals surface area contributed by atoms with Crippen LogP contribution in [0.1, 0.15) is 30.2 Å². The van der Waals surface area contributed by atoms with Crippen LogP contribution in [-0.2, 0) is 16.4 Å². The van der Waals surface area contributed by atoms with Gasteiger partial charge in [0.25, 0.3) is 0 Å². The van der Waals surface area contributed by atoms with Crippen LogP contribution in [0.15, 0.2) is 28.7 Å². The zero-order valence-electron chi connectivity index (χ0n) is 16.2. The molecule has 2 atom stereocenters. The van der Waals surface area contributed by atoms with Crippen molar-refractivity contribution in [3.63, 3.8) is 0 Å². The molecule has 0 spiro atoms. The summed E-state index contributed by atoms with van der Waals surface area (Å²) in [6.45, 7) is 1.87. The van der Waals surface area contributed by atoms with Crippen molar-refractivity contribution in [3.05, 3.63) is 35.6 Å². The Morgan fingerprint density at radius 1 is 1.21 bits per heavy atom. The standard InChI is InChI=1S/C20H22N4O4S/c1-29(26,27)24-11-10-23(19(24)25)20(13-21)7-9-22-8-6-15-14-4-2-3-5-17(14)28-18(15)16(22)12-20/h2-5,16H,6-12H2,1H3/t16-,20-/m1/s1. The van der Waals surface area contributed by atoms with Crippen molar-refractivity contribution >= 4 is 27.0 Å². The molecule has 4 heterocycles. The van der Waals surface area contributed by atoms with Crippen molar-refractivity contribution in [3.8, 4) is 6.07 Å². The van der Waals surface area contributed by atoms with E-state index in [4.69, 9.17) is 4.42 Å². The van der Waals surface area contributed by atoms with Crippen LogP contribution in [-0.4, -0.2) is 66.5 Å². The maximum Gasteiger partial charge on any atom is 0.335 e. The highest BCUT2D eigenvalue weighted by Gasteiger charge is 2.52. The molecule has 3 aliphatic heterocycles. The molecule has 2 fully saturated rings. The lowest BCUT2D eigenvalue weighted by Crippen LogP contribution is -2.57. The second-order valence-electron chi connectivity index (χ2n) is 8.11. The van der Waals surface area contributed by atoms with Gasteiger partial charge in [-0.15, -0.1) is 0 Å². The predicted molar refractivity (Wildman–Crippen MR) is 105 cm³/mol. The molecule has 1 aromatic heterocycles. The molecule has 2 amide bonds. The van der Waals surface area contributed by atoms with Gasteiger partial charge in [0.2, 0.25) is 10.0 Å². The first-order valence-corrected chi connectivity index (χ1v) is 11.6. The van der Waals surface area contributed by atoms with Gasteiger partial charge in [-0.25, -0.2) is 17.5 Å². The third-order valence-electron chi connectivity index (χ3n) is 6.56. The summed E-state index contributed by atoms with van der Waals surface area (Å²) >= 11 is 0. The Balaban J connectivity index is 1.52. The molecule has 0 saturated carbocycles. The average molecular weight is 414 g/mol. The van der Waals surface area contributed by atoms with E-state index in [1.54, 1.807) is 0 Å². The van der Waals surface area contributed by atoms with Crippen LogP contribution >= 0.6 is 0 Å². The molecule has 0 unspecified atom stereocenters. The van der Waals surface area contributed by atoms with E-state index in [2.05, 4.69) is 17.0 Å². The number of nitrogens with zero attached hydrogens (tertiary/aromatic N) is 4. The minimum absolute atomic E-state index is 0.0887. The zero-order chi connectivity index (χ0) is 20.4. The van der Waals surface area contributed by atoms with Crippen molar-refractivity contribution in [2.45, 2.75) is 30.8 Å². The maximum absolute atomic E-state index is 12.8. The zero-order valence-corrected chi connectivity index (χ0v) is 17.0. The van der Waals surface area contributed by atoms with E-state index in [1.807, 2.05) is 18.2 Å². The number of carbonyl (C=O) groups excluding carboxylic acids is 1. The molecule has 152 valence electrons. The SMILES string of the molecule is CS(=O)(=O)N1CCN([C@]2(C#N)CCN3CCc4c(oc5ccccc45)[C@H]3C2)C1=O. The van der Waals surface area contributed by atoms with Gasteiger partial charge < -0.3 is 9.32 Å². The smallest absolute Gasteiger partial charge is 0.335 e. The van der Waals surface area contributed by atoms with Crippen LogP contribution in [0.25, 0.3) is 11.0 Å². The summed E-state index contributed by atoms with van der Waals surface area (Å²) in [7, 11) is -3.64. The number of urea groups is 1. The molecule has 0 aliphatic carbocycles. The van der Waals surface area contributed by atoms with Gasteiger partial charge in [0.15, 0.2) is 0 Å². The predicted octanol–water partition coefficient (Wildman–Crippen LogP) is 2.09. The first-order valence-electron chi connectivity index (χ1n) is 9.79. The number of hydrogen-bond acceptors (Lipinski definition) is 6. The van der Waals surface area contributed by atoms with E-state index >= 15 is 0 Å². The van der Waals surface area contributed by atoms with Crippen molar-refractivity contribution < 1.29 is 17.6 Å². The van der Waals surface area contributed by atoms with Crippen LogP contribution in [0, 0.1) is 11.3 Å². The van der Waals surface area contributed by atoms with Gasteiger partial charge in [0.05, 0.1) is 24.9 Å². The summed E-state index contributed by atoms with van der Waals surface area (Å²) in [5.41, 5.74) is 0.986. The molecule has 1 aromatic carbocycles. The number of para-hydroxylation sites is 1. The summed E-state index contributed by atoms with van der Waals surface area (Å²) in [4.78, 5) is 16.6. The molecule has 2 saturated heterocycles. The highest BCUT2D eigenvalue weighted by Crippen LogP contribution is 2.46. The minimum atomic E-state index is -3.64. The quantitative estimate of drug-likeness (QED) is 0.746. The second-order valence-corrected chi connectivity index (χ2v) is 10.0. The number of nitriles is 1. The van der Waals surface area contributed by atoms with Gasteiger partial charge in [0.1, 0.15) is 16.9 Å². The van der Waals surface area contributed by atoms with E-state index in [0.29, 0.717) is 19.4 Å². The topological polar surface area (TPSA) is 97.9 Å². The number of piperidine rings is 1. The molecule has 5 rings (SSSR count). The first kappa shape index (κ1) is 18.5. The van der Waals surface area contributed by atoms with E-state index in [0.717, 1.165) is 40.3 Å². The van der Waals surface area contributed by atoms with Gasteiger partial charge in [0, 0.05) is 37.0 Å². The van der Waals surface area contributed by atoms with Crippen LogP contribution in [0.4, 0.5) is 4.79 Å². The van der Waals surface area contributed by atoms with Crippen molar-refractivity contribution in [2.24, 2.45) is 0 Å². The van der Waals surface area contributed by atoms with Gasteiger partial charge >= 0.3 is 6.03 Å². The van der Waals surface area contributed by atoms with Crippen LogP contribution in [0.3, 0.4) is 0 Å². The molecule has 29 heavy (non-hydrogen) atoms. The van der Waals surface area contributed by atoms with Crippen molar-refractivity contribution in [2.75, 3.05) is 32.4 Å². The van der Waals surface area contributed by atoms with E-state index in [9.17, 15) is 18.5 Å². The minimum Gasteiger partial charge on any atom is -0.459 e. The highest BCUT2D eigenvalue weighted by molar-refractivity contribution is 7.88. The Bertz CT molecular complexity index is 1150. The third kappa shape index (κ3) is 2.66. The Hall–Kier alpha value is -2.57. The van der Waals surface area contributed by atoms with Crippen LogP contribution in [0.5, 0.6) is 0 Å².